The molecule has 0 aliphatic heterocycles. The maximum atomic E-state index is 8.85. The Bertz CT molecular complexity index is 724. The molecule has 0 aliphatic carbocycles. The summed E-state index contributed by atoms with van der Waals surface area (Å²) in [6, 6.07) is 6.29. The minimum atomic E-state index is 0.350. The second-order valence-electron chi connectivity index (χ2n) is 7.85. The Hall–Kier alpha value is -2.36. The van der Waals surface area contributed by atoms with Crippen molar-refractivity contribution in [3.05, 3.63) is 58.4 Å². The van der Waals surface area contributed by atoms with Gasteiger partial charge < -0.3 is 16.0 Å². The molecule has 0 atom stereocenters. The number of rotatable bonds is 10. The van der Waals surface area contributed by atoms with Crippen LogP contribution >= 0.6 is 0 Å². The first-order valence-electron chi connectivity index (χ1n) is 9.71. The van der Waals surface area contributed by atoms with Crippen LogP contribution in [0, 0.1) is 23.7 Å². The van der Waals surface area contributed by atoms with Crippen molar-refractivity contribution in [1.29, 1.82) is 10.8 Å². The highest BCUT2D eigenvalue weighted by Gasteiger charge is 2.16. The Morgan fingerprint density at radius 3 is 2.26 bits per heavy atom. The Kier molecular flexibility index (Phi) is 8.99. The van der Waals surface area contributed by atoms with E-state index in [1.54, 1.807) is 6.92 Å². The fraction of sp³-hybridized carbons (Fsp3) is 0.478. The molecule has 0 aliphatic rings. The van der Waals surface area contributed by atoms with Crippen molar-refractivity contribution in [2.24, 2.45) is 5.92 Å². The van der Waals surface area contributed by atoms with Gasteiger partial charge in [0.1, 0.15) is 0 Å². The average molecular weight is 369 g/mol. The Morgan fingerprint density at radius 2 is 1.74 bits per heavy atom. The van der Waals surface area contributed by atoms with Gasteiger partial charge in [0.05, 0.1) is 5.71 Å². The van der Waals surface area contributed by atoms with Gasteiger partial charge in [-0.25, -0.2) is 0 Å². The summed E-state index contributed by atoms with van der Waals surface area (Å²) >= 11 is 0. The first-order chi connectivity index (χ1) is 12.7. The quantitative estimate of drug-likeness (QED) is 0.431. The zero-order valence-electron chi connectivity index (χ0n) is 18.0. The Labute approximate surface area is 165 Å². The first-order valence-corrected chi connectivity index (χ1v) is 9.71. The number of allylic oxidation sites excluding steroid dienone is 2. The van der Waals surface area contributed by atoms with E-state index in [0.29, 0.717) is 29.7 Å². The van der Waals surface area contributed by atoms with Gasteiger partial charge in [0.2, 0.25) is 0 Å². The number of benzene rings is 1. The topological polar surface area (TPSA) is 71.8 Å². The van der Waals surface area contributed by atoms with E-state index >= 15 is 0 Å². The molecule has 0 aromatic heterocycles. The average Bonchev–Trinajstić information content (AvgIpc) is 2.58. The molecule has 0 bridgehead atoms. The smallest absolute Gasteiger partial charge is 0.0664 e. The maximum Gasteiger partial charge on any atom is 0.0664 e. The van der Waals surface area contributed by atoms with Gasteiger partial charge in [-0.3, -0.25) is 5.41 Å². The highest BCUT2D eigenvalue weighted by Crippen LogP contribution is 2.25. The van der Waals surface area contributed by atoms with Gasteiger partial charge in [0, 0.05) is 43.7 Å². The summed E-state index contributed by atoms with van der Waals surface area (Å²) in [5, 5.41) is 23.4. The molecule has 4 heteroatoms. The largest absolute Gasteiger partial charge is 0.394 e. The predicted octanol–water partition coefficient (Wildman–Crippen LogP) is 5.15. The molecule has 27 heavy (non-hydrogen) atoms. The second-order valence-corrected chi connectivity index (χ2v) is 7.85. The zero-order chi connectivity index (χ0) is 20.6. The lowest BCUT2D eigenvalue weighted by molar-refractivity contribution is 0.610. The number of aryl methyl sites for hydroxylation is 1. The molecule has 0 saturated carbocycles. The normalized spacial score (nSPS) is 12.5. The second kappa shape index (κ2) is 10.7. The van der Waals surface area contributed by atoms with Crippen LogP contribution in [0.1, 0.15) is 63.6 Å². The van der Waals surface area contributed by atoms with E-state index in [-0.39, 0.29) is 0 Å². The highest BCUT2D eigenvalue weighted by atomic mass is 14.8. The van der Waals surface area contributed by atoms with Crippen LogP contribution in [-0.2, 0) is 0 Å². The summed E-state index contributed by atoms with van der Waals surface area (Å²) in [5.41, 5.74) is 6.19. The molecule has 0 fully saturated rings. The highest BCUT2D eigenvalue weighted by molar-refractivity contribution is 6.12. The van der Waals surface area contributed by atoms with Crippen LogP contribution in [0.5, 0.6) is 0 Å². The molecule has 0 unspecified atom stereocenters. The lowest BCUT2D eigenvalue weighted by atomic mass is 9.88. The minimum absolute atomic E-state index is 0.350. The van der Waals surface area contributed by atoms with E-state index in [1.807, 2.05) is 25.5 Å². The summed E-state index contributed by atoms with van der Waals surface area (Å²) in [6.45, 7) is 13.4. The van der Waals surface area contributed by atoms with E-state index in [1.165, 1.54) is 11.1 Å². The monoisotopic (exact) mass is 368 g/mol. The summed E-state index contributed by atoms with van der Waals surface area (Å²) in [6.07, 6.45) is 4.36. The lowest BCUT2D eigenvalue weighted by Gasteiger charge is -2.18. The molecule has 148 valence electrons. The van der Waals surface area contributed by atoms with Crippen LogP contribution in [0.2, 0.25) is 0 Å². The van der Waals surface area contributed by atoms with Crippen molar-refractivity contribution < 1.29 is 0 Å². The third kappa shape index (κ3) is 7.05. The summed E-state index contributed by atoms with van der Waals surface area (Å²) in [7, 11) is 1.85. The lowest BCUT2D eigenvalue weighted by Crippen LogP contribution is -2.17. The van der Waals surface area contributed by atoms with Crippen LogP contribution in [-0.4, -0.2) is 25.0 Å². The van der Waals surface area contributed by atoms with Crippen molar-refractivity contribution in [1.82, 2.24) is 10.6 Å². The van der Waals surface area contributed by atoms with Gasteiger partial charge in [-0.2, -0.15) is 0 Å². The van der Waals surface area contributed by atoms with Gasteiger partial charge in [-0.15, -0.1) is 0 Å². The number of hydrogen-bond acceptors (Lipinski definition) is 4. The summed E-state index contributed by atoms with van der Waals surface area (Å²) < 4.78 is 0. The third-order valence-electron chi connectivity index (χ3n) is 4.40. The molecule has 0 spiro atoms. The Balaban J connectivity index is 3.19. The summed E-state index contributed by atoms with van der Waals surface area (Å²) in [4.78, 5) is 0. The van der Waals surface area contributed by atoms with E-state index < -0.39 is 0 Å². The van der Waals surface area contributed by atoms with E-state index in [4.69, 9.17) is 10.8 Å². The van der Waals surface area contributed by atoms with Crippen LogP contribution < -0.4 is 10.6 Å². The molecule has 1 aromatic carbocycles. The molecule has 4 N–H and O–H groups in total. The molecular formula is C23H36N4. The molecule has 0 amide bonds. The van der Waals surface area contributed by atoms with Gasteiger partial charge in [-0.1, -0.05) is 51.5 Å². The minimum Gasteiger partial charge on any atom is -0.394 e. The van der Waals surface area contributed by atoms with Crippen LogP contribution in [0.25, 0.3) is 0 Å². The van der Waals surface area contributed by atoms with Gasteiger partial charge in [-0.05, 0) is 42.4 Å². The summed E-state index contributed by atoms with van der Waals surface area (Å²) in [5.74, 6) is 0.892. The molecule has 1 rings (SSSR count). The van der Waals surface area contributed by atoms with Gasteiger partial charge >= 0.3 is 0 Å². The van der Waals surface area contributed by atoms with E-state index in [2.05, 4.69) is 57.4 Å². The van der Waals surface area contributed by atoms with Gasteiger partial charge in [0.25, 0.3) is 0 Å². The fourth-order valence-electron chi connectivity index (χ4n) is 2.86. The molecule has 0 saturated heterocycles. The van der Waals surface area contributed by atoms with Crippen LogP contribution in [0.3, 0.4) is 0 Å². The fourth-order valence-corrected chi connectivity index (χ4v) is 2.86. The van der Waals surface area contributed by atoms with Crippen molar-refractivity contribution >= 4 is 11.4 Å². The van der Waals surface area contributed by atoms with Gasteiger partial charge in [0.15, 0.2) is 0 Å². The van der Waals surface area contributed by atoms with E-state index in [0.717, 1.165) is 23.3 Å². The SMILES string of the molecule is CN/C=C(/C/C(=C/NCC(C)C)C(C)=N)C(=N)c1ccc(C)cc1C(C)C. The first kappa shape index (κ1) is 22.7. The molecule has 4 nitrogen and oxygen atoms in total. The molecule has 1 aromatic rings. The van der Waals surface area contributed by atoms with Crippen molar-refractivity contribution in [3.63, 3.8) is 0 Å². The van der Waals surface area contributed by atoms with E-state index in [9.17, 15) is 0 Å². The maximum absolute atomic E-state index is 8.85. The zero-order valence-corrected chi connectivity index (χ0v) is 18.0. The van der Waals surface area contributed by atoms with Crippen molar-refractivity contribution in [2.45, 2.75) is 53.9 Å². The third-order valence-corrected chi connectivity index (χ3v) is 4.40. The molecular weight excluding hydrogens is 332 g/mol. The molecule has 0 heterocycles. The van der Waals surface area contributed by atoms with Crippen LogP contribution in [0.15, 0.2) is 41.7 Å². The van der Waals surface area contributed by atoms with Crippen LogP contribution in [0.4, 0.5) is 0 Å². The number of nitrogens with one attached hydrogen (secondary N) is 4. The van der Waals surface area contributed by atoms with Crippen molar-refractivity contribution in [3.8, 4) is 0 Å². The van der Waals surface area contributed by atoms with Crippen molar-refractivity contribution in [2.75, 3.05) is 13.6 Å². The standard InChI is InChI=1S/C23H36N4/c1-15(2)12-27-14-19(18(6)24)11-20(13-26-7)23(25)21-9-8-17(5)10-22(21)16(3)4/h8-10,13-16,24-27H,11-12H2,1-7H3/b19-14-,20-13-,24-18?,25-23?. The molecule has 0 radical (unpaired) electrons. The Morgan fingerprint density at radius 1 is 1.07 bits per heavy atom. The predicted molar refractivity (Wildman–Crippen MR) is 118 cm³/mol. The number of hydrogen-bond donors (Lipinski definition) is 4.